The Hall–Kier alpha value is -1.36. The summed E-state index contributed by atoms with van der Waals surface area (Å²) in [4.78, 5) is 10.8. The zero-order chi connectivity index (χ0) is 19.9. The Morgan fingerprint density at radius 2 is 1.28 bits per heavy atom. The Balaban J connectivity index is 4.34. The van der Waals surface area contributed by atoms with Crippen LogP contribution in [0.5, 0.6) is 0 Å². The average Bonchev–Trinajstić information content (AvgIpc) is 2.44. The zero-order valence-electron chi connectivity index (χ0n) is 13.1. The Morgan fingerprint density at radius 1 is 0.760 bits per heavy atom. The highest BCUT2D eigenvalue weighted by atomic mass is 19.4. The summed E-state index contributed by atoms with van der Waals surface area (Å²) < 4.78 is 122. The molecule has 3 nitrogen and oxygen atoms in total. The van der Waals surface area contributed by atoms with Crippen LogP contribution in [0.15, 0.2) is 0 Å². The van der Waals surface area contributed by atoms with Gasteiger partial charge in [0.05, 0.1) is 13.2 Å². The molecule has 0 rings (SSSR count). The van der Waals surface area contributed by atoms with Gasteiger partial charge in [0.2, 0.25) is 0 Å². The molecule has 0 spiro atoms. The second kappa shape index (κ2) is 8.84. The molecule has 0 saturated carbocycles. The fourth-order valence-corrected chi connectivity index (χ4v) is 1.68. The van der Waals surface area contributed by atoms with E-state index in [9.17, 15) is 44.3 Å². The molecular formula is C13H17F9O3. The smallest absolute Gasteiger partial charge is 0.435 e. The van der Waals surface area contributed by atoms with Gasteiger partial charge in [0, 0.05) is 6.42 Å². The van der Waals surface area contributed by atoms with E-state index in [-0.39, 0.29) is 32.5 Å². The maximum absolute atomic E-state index is 13.2. The molecule has 0 N–H and O–H groups in total. The SMILES string of the molecule is CCOC(=O)OCCCCCCC(F)(F)C(F)(F)C(F)(F)C(F)(F)F. The highest BCUT2D eigenvalue weighted by Crippen LogP contribution is 2.54. The van der Waals surface area contributed by atoms with Crippen molar-refractivity contribution in [3.63, 3.8) is 0 Å². The maximum Gasteiger partial charge on any atom is 0.508 e. The molecule has 0 bridgehead atoms. The van der Waals surface area contributed by atoms with Crippen molar-refractivity contribution in [2.75, 3.05) is 13.2 Å². The molecule has 0 aromatic heterocycles. The van der Waals surface area contributed by atoms with Gasteiger partial charge in [-0.1, -0.05) is 12.8 Å². The van der Waals surface area contributed by atoms with E-state index in [0.717, 1.165) is 0 Å². The number of carbonyl (C=O) groups is 1. The molecule has 12 heteroatoms. The van der Waals surface area contributed by atoms with Crippen LogP contribution < -0.4 is 0 Å². The van der Waals surface area contributed by atoms with E-state index in [1.807, 2.05) is 0 Å². The molecule has 0 aliphatic heterocycles. The summed E-state index contributed by atoms with van der Waals surface area (Å²) >= 11 is 0. The summed E-state index contributed by atoms with van der Waals surface area (Å²) in [6, 6.07) is 0. The summed E-state index contributed by atoms with van der Waals surface area (Å²) in [7, 11) is 0. The van der Waals surface area contributed by atoms with Crippen molar-refractivity contribution in [2.24, 2.45) is 0 Å². The second-order valence-electron chi connectivity index (χ2n) is 5.05. The van der Waals surface area contributed by atoms with Gasteiger partial charge in [0.1, 0.15) is 0 Å². The van der Waals surface area contributed by atoms with Crippen LogP contribution >= 0.6 is 0 Å². The summed E-state index contributed by atoms with van der Waals surface area (Å²) in [6.45, 7) is 1.46. The van der Waals surface area contributed by atoms with Crippen molar-refractivity contribution in [2.45, 2.75) is 63.0 Å². The standard InChI is InChI=1S/C13H17F9O3/c1-2-24-9(23)25-8-6-4-3-5-7-10(14,15)11(16,17)12(18,19)13(20,21)22/h2-8H2,1H3. The molecule has 25 heavy (non-hydrogen) atoms. The lowest BCUT2D eigenvalue weighted by Gasteiger charge is -2.33. The van der Waals surface area contributed by atoms with Crippen LogP contribution in [0.2, 0.25) is 0 Å². The molecule has 0 atom stereocenters. The summed E-state index contributed by atoms with van der Waals surface area (Å²) in [5.74, 6) is -18.9. The van der Waals surface area contributed by atoms with Gasteiger partial charge < -0.3 is 9.47 Å². The molecule has 0 radical (unpaired) electrons. The van der Waals surface area contributed by atoms with Gasteiger partial charge in [-0.15, -0.1) is 0 Å². The first-order valence-electron chi connectivity index (χ1n) is 7.20. The van der Waals surface area contributed by atoms with Crippen molar-refractivity contribution >= 4 is 6.16 Å². The van der Waals surface area contributed by atoms with Gasteiger partial charge in [-0.05, 0) is 19.8 Å². The summed E-state index contributed by atoms with van der Waals surface area (Å²) in [6.07, 6.45) is -10.2. The first kappa shape index (κ1) is 23.6. The summed E-state index contributed by atoms with van der Waals surface area (Å²) in [5, 5.41) is 0. The molecule has 0 aromatic carbocycles. The highest BCUT2D eigenvalue weighted by molar-refractivity contribution is 5.59. The molecule has 0 aliphatic carbocycles. The topological polar surface area (TPSA) is 35.5 Å². The minimum absolute atomic E-state index is 0.0741. The lowest BCUT2D eigenvalue weighted by molar-refractivity contribution is -0.396. The van der Waals surface area contributed by atoms with Gasteiger partial charge in [0.15, 0.2) is 0 Å². The first-order valence-corrected chi connectivity index (χ1v) is 7.20. The number of hydrogen-bond donors (Lipinski definition) is 0. The normalized spacial score (nSPS) is 13.7. The van der Waals surface area contributed by atoms with Gasteiger partial charge >= 0.3 is 30.1 Å². The zero-order valence-corrected chi connectivity index (χ0v) is 13.1. The monoisotopic (exact) mass is 392 g/mol. The largest absolute Gasteiger partial charge is 0.508 e. The first-order chi connectivity index (χ1) is 11.2. The Bertz CT molecular complexity index is 421. The molecule has 0 saturated heterocycles. The van der Waals surface area contributed by atoms with Crippen LogP contribution in [0.3, 0.4) is 0 Å². The molecule has 0 amide bonds. The van der Waals surface area contributed by atoms with Gasteiger partial charge in [-0.2, -0.15) is 39.5 Å². The third-order valence-corrected chi connectivity index (χ3v) is 3.08. The molecule has 0 fully saturated rings. The highest BCUT2D eigenvalue weighted by Gasteiger charge is 2.81. The quantitative estimate of drug-likeness (QED) is 0.277. The van der Waals surface area contributed by atoms with Crippen molar-refractivity contribution in [1.29, 1.82) is 0 Å². The van der Waals surface area contributed by atoms with E-state index in [4.69, 9.17) is 0 Å². The minimum Gasteiger partial charge on any atom is -0.435 e. The number of rotatable bonds is 10. The Labute approximate surface area is 137 Å². The molecular weight excluding hydrogens is 375 g/mol. The van der Waals surface area contributed by atoms with Crippen LogP contribution in [0.1, 0.15) is 39.0 Å². The van der Waals surface area contributed by atoms with E-state index in [2.05, 4.69) is 9.47 Å². The Kier molecular flexibility index (Phi) is 8.35. The number of alkyl halides is 9. The van der Waals surface area contributed by atoms with Crippen molar-refractivity contribution in [1.82, 2.24) is 0 Å². The van der Waals surface area contributed by atoms with Gasteiger partial charge in [0.25, 0.3) is 0 Å². The van der Waals surface area contributed by atoms with Gasteiger partial charge in [-0.3, -0.25) is 0 Å². The van der Waals surface area contributed by atoms with E-state index >= 15 is 0 Å². The van der Waals surface area contributed by atoms with Crippen molar-refractivity contribution < 1.29 is 53.8 Å². The van der Waals surface area contributed by atoms with Crippen LogP contribution in [-0.4, -0.2) is 43.3 Å². The minimum atomic E-state index is -6.85. The van der Waals surface area contributed by atoms with E-state index < -0.39 is 42.9 Å². The number of carbonyl (C=O) groups excluding carboxylic acids is 1. The molecule has 150 valence electrons. The predicted molar refractivity (Wildman–Crippen MR) is 67.0 cm³/mol. The van der Waals surface area contributed by atoms with Crippen molar-refractivity contribution in [3.8, 4) is 0 Å². The van der Waals surface area contributed by atoms with Crippen LogP contribution in [0, 0.1) is 0 Å². The molecule has 0 heterocycles. The molecule has 0 unspecified atom stereocenters. The molecule has 0 aromatic rings. The van der Waals surface area contributed by atoms with E-state index in [1.54, 1.807) is 0 Å². The fraction of sp³-hybridized carbons (Fsp3) is 0.923. The maximum atomic E-state index is 13.2. The predicted octanol–water partition coefficient (Wildman–Crippen LogP) is 5.58. The van der Waals surface area contributed by atoms with Crippen LogP contribution in [0.25, 0.3) is 0 Å². The van der Waals surface area contributed by atoms with Gasteiger partial charge in [-0.25, -0.2) is 4.79 Å². The third kappa shape index (κ3) is 6.14. The number of ether oxygens (including phenoxy) is 2. The lowest BCUT2D eigenvalue weighted by Crippen LogP contribution is -2.60. The third-order valence-electron chi connectivity index (χ3n) is 3.08. The second-order valence-corrected chi connectivity index (χ2v) is 5.05. The lowest BCUT2D eigenvalue weighted by atomic mass is 9.98. The van der Waals surface area contributed by atoms with E-state index in [1.165, 1.54) is 6.92 Å². The fourth-order valence-electron chi connectivity index (χ4n) is 1.68. The Morgan fingerprint density at radius 3 is 1.76 bits per heavy atom. The van der Waals surface area contributed by atoms with Crippen LogP contribution in [-0.2, 0) is 9.47 Å². The average molecular weight is 392 g/mol. The number of hydrogen-bond acceptors (Lipinski definition) is 3. The number of unbranched alkanes of at least 4 members (excludes halogenated alkanes) is 3. The summed E-state index contributed by atoms with van der Waals surface area (Å²) in [5.41, 5.74) is 0. The van der Waals surface area contributed by atoms with Crippen LogP contribution in [0.4, 0.5) is 44.3 Å². The molecule has 0 aliphatic rings. The number of halogens is 9. The van der Waals surface area contributed by atoms with Crippen molar-refractivity contribution in [3.05, 3.63) is 0 Å². The van der Waals surface area contributed by atoms with E-state index in [0.29, 0.717) is 0 Å².